The van der Waals surface area contributed by atoms with E-state index in [1.54, 1.807) is 6.07 Å². The molecule has 0 fully saturated rings. The van der Waals surface area contributed by atoms with Gasteiger partial charge >= 0.3 is 0 Å². The zero-order valence-corrected chi connectivity index (χ0v) is 11.6. The Morgan fingerprint density at radius 3 is 2.41 bits per heavy atom. The van der Waals surface area contributed by atoms with Crippen LogP contribution in [0, 0.1) is 0 Å². The fraction of sp³-hybridized carbons (Fsp3) is 0.125. The Balaban J connectivity index is 2.08. The van der Waals surface area contributed by atoms with Crippen molar-refractivity contribution in [3.8, 4) is 28.7 Å². The van der Waals surface area contributed by atoms with Crippen LogP contribution in [-0.4, -0.2) is 27.5 Å². The van der Waals surface area contributed by atoms with Gasteiger partial charge in [-0.15, -0.1) is 0 Å². The van der Waals surface area contributed by atoms with Crippen molar-refractivity contribution in [2.45, 2.75) is 6.10 Å². The number of phenols is 3. The summed E-state index contributed by atoms with van der Waals surface area (Å²) in [5.41, 5.74) is 0.923. The lowest BCUT2D eigenvalue weighted by molar-refractivity contribution is 0.214. The van der Waals surface area contributed by atoms with Crippen LogP contribution in [0.25, 0.3) is 5.76 Å². The first-order chi connectivity index (χ1) is 10.5. The number of methoxy groups -OCH3 is 1. The monoisotopic (exact) mass is 302 g/mol. The summed E-state index contributed by atoms with van der Waals surface area (Å²) in [4.78, 5) is 0. The van der Waals surface area contributed by atoms with Gasteiger partial charge in [0.15, 0.2) is 23.0 Å². The summed E-state index contributed by atoms with van der Waals surface area (Å²) < 4.78 is 10.8. The standard InChI is InChI=1S/C16H14O6/c1-21-16-11(18)5-3-9-12(19)7-14(22-15(9)16)8-2-4-10(17)13(20)6-8/h2-7,12,17-20H,1H3/t12-/m1/s1. The number of rotatable bonds is 2. The molecule has 0 aromatic heterocycles. The van der Waals surface area contributed by atoms with Gasteiger partial charge < -0.3 is 29.9 Å². The fourth-order valence-corrected chi connectivity index (χ4v) is 2.31. The summed E-state index contributed by atoms with van der Waals surface area (Å²) in [7, 11) is 1.38. The van der Waals surface area contributed by atoms with Crippen LogP contribution in [0.3, 0.4) is 0 Å². The van der Waals surface area contributed by atoms with Gasteiger partial charge in [0.2, 0.25) is 5.75 Å². The molecule has 114 valence electrons. The molecule has 0 saturated carbocycles. The Labute approximate surface area is 126 Å². The normalized spacial score (nSPS) is 16.5. The van der Waals surface area contributed by atoms with Gasteiger partial charge in [-0.1, -0.05) is 0 Å². The maximum atomic E-state index is 10.2. The summed E-state index contributed by atoms with van der Waals surface area (Å²) in [5.74, 6) is -0.0610. The highest BCUT2D eigenvalue weighted by atomic mass is 16.5. The predicted octanol–water partition coefficient (Wildman–Crippen LogP) is 2.28. The minimum Gasteiger partial charge on any atom is -0.504 e. The molecule has 6 heteroatoms. The van der Waals surface area contributed by atoms with E-state index < -0.39 is 6.10 Å². The topological polar surface area (TPSA) is 99.4 Å². The number of aliphatic hydroxyl groups is 1. The first kappa shape index (κ1) is 14.1. The summed E-state index contributed by atoms with van der Waals surface area (Å²) in [5, 5.41) is 39.0. The Morgan fingerprint density at radius 2 is 1.73 bits per heavy atom. The minimum atomic E-state index is -0.954. The van der Waals surface area contributed by atoms with Crippen molar-refractivity contribution in [2.75, 3.05) is 7.11 Å². The van der Waals surface area contributed by atoms with Gasteiger partial charge in [0.1, 0.15) is 11.9 Å². The van der Waals surface area contributed by atoms with Crippen molar-refractivity contribution in [3.05, 3.63) is 47.5 Å². The molecule has 0 saturated heterocycles. The van der Waals surface area contributed by atoms with E-state index in [4.69, 9.17) is 9.47 Å². The van der Waals surface area contributed by atoms with Gasteiger partial charge in [-0.05, 0) is 36.4 Å². The zero-order chi connectivity index (χ0) is 15.9. The second-order valence-corrected chi connectivity index (χ2v) is 4.82. The molecule has 0 amide bonds. The van der Waals surface area contributed by atoms with Crippen molar-refractivity contribution >= 4 is 5.76 Å². The van der Waals surface area contributed by atoms with Crippen LogP contribution in [0.15, 0.2) is 36.4 Å². The third-order valence-electron chi connectivity index (χ3n) is 3.43. The van der Waals surface area contributed by atoms with E-state index in [0.29, 0.717) is 11.1 Å². The molecule has 1 heterocycles. The molecule has 2 aromatic rings. The van der Waals surface area contributed by atoms with E-state index in [1.807, 2.05) is 0 Å². The summed E-state index contributed by atoms with van der Waals surface area (Å²) in [6.07, 6.45) is 0.508. The summed E-state index contributed by atoms with van der Waals surface area (Å²) in [6.45, 7) is 0. The SMILES string of the molecule is COc1c(O)ccc2c1OC(c1ccc(O)c(O)c1)=C[C@H]2O. The van der Waals surface area contributed by atoms with Crippen LogP contribution in [0.2, 0.25) is 0 Å². The first-order valence-electron chi connectivity index (χ1n) is 6.51. The molecule has 0 unspecified atom stereocenters. The lowest BCUT2D eigenvalue weighted by Crippen LogP contribution is -2.10. The molecule has 22 heavy (non-hydrogen) atoms. The number of hydrogen-bond acceptors (Lipinski definition) is 6. The number of aliphatic hydroxyl groups excluding tert-OH is 1. The fourth-order valence-electron chi connectivity index (χ4n) is 2.31. The van der Waals surface area contributed by atoms with Gasteiger partial charge in [0.25, 0.3) is 0 Å². The lowest BCUT2D eigenvalue weighted by Gasteiger charge is -2.24. The Bertz CT molecular complexity index is 765. The number of ether oxygens (including phenoxy) is 2. The first-order valence-corrected chi connectivity index (χ1v) is 6.51. The maximum Gasteiger partial charge on any atom is 0.204 e. The van der Waals surface area contributed by atoms with Crippen molar-refractivity contribution in [3.63, 3.8) is 0 Å². The number of hydrogen-bond donors (Lipinski definition) is 4. The minimum absolute atomic E-state index is 0.108. The van der Waals surface area contributed by atoms with Gasteiger partial charge in [-0.3, -0.25) is 0 Å². The molecule has 1 atom stereocenters. The lowest BCUT2D eigenvalue weighted by atomic mass is 10.0. The van der Waals surface area contributed by atoms with Gasteiger partial charge in [0.05, 0.1) is 7.11 Å². The molecule has 0 spiro atoms. The van der Waals surface area contributed by atoms with Gasteiger partial charge in [-0.25, -0.2) is 0 Å². The summed E-state index contributed by atoms with van der Waals surface area (Å²) >= 11 is 0. The van der Waals surface area contributed by atoms with E-state index >= 15 is 0 Å². The average molecular weight is 302 g/mol. The third-order valence-corrected chi connectivity index (χ3v) is 3.43. The van der Waals surface area contributed by atoms with E-state index in [0.717, 1.165) is 0 Å². The van der Waals surface area contributed by atoms with E-state index in [1.165, 1.54) is 37.5 Å². The highest BCUT2D eigenvalue weighted by molar-refractivity contribution is 5.71. The quantitative estimate of drug-likeness (QED) is 0.635. The number of fused-ring (bicyclic) bond motifs is 1. The Morgan fingerprint density at radius 1 is 1.00 bits per heavy atom. The molecular formula is C16H14O6. The number of benzene rings is 2. The Kier molecular flexibility index (Phi) is 3.30. The van der Waals surface area contributed by atoms with E-state index in [-0.39, 0.29) is 34.5 Å². The van der Waals surface area contributed by atoms with Gasteiger partial charge in [0, 0.05) is 11.1 Å². The molecule has 3 rings (SSSR count). The van der Waals surface area contributed by atoms with Crippen LogP contribution in [0.1, 0.15) is 17.2 Å². The predicted molar refractivity (Wildman–Crippen MR) is 78.0 cm³/mol. The molecular weight excluding hydrogens is 288 g/mol. The van der Waals surface area contributed by atoms with Crippen molar-refractivity contribution in [1.29, 1.82) is 0 Å². The maximum absolute atomic E-state index is 10.2. The molecule has 0 bridgehead atoms. The third kappa shape index (κ3) is 2.19. The van der Waals surface area contributed by atoms with Crippen molar-refractivity contribution < 1.29 is 29.9 Å². The smallest absolute Gasteiger partial charge is 0.204 e. The number of phenolic OH excluding ortho intramolecular Hbond substituents is 3. The van der Waals surface area contributed by atoms with Crippen LogP contribution >= 0.6 is 0 Å². The zero-order valence-electron chi connectivity index (χ0n) is 11.6. The second-order valence-electron chi connectivity index (χ2n) is 4.82. The molecule has 0 radical (unpaired) electrons. The molecule has 6 nitrogen and oxygen atoms in total. The Hall–Kier alpha value is -2.86. The largest absolute Gasteiger partial charge is 0.504 e. The highest BCUT2D eigenvalue weighted by Crippen LogP contribution is 2.47. The average Bonchev–Trinajstić information content (AvgIpc) is 2.49. The molecule has 4 N–H and O–H groups in total. The van der Waals surface area contributed by atoms with Crippen LogP contribution in [0.5, 0.6) is 28.7 Å². The second kappa shape index (κ2) is 5.16. The highest BCUT2D eigenvalue weighted by Gasteiger charge is 2.26. The van der Waals surface area contributed by atoms with Crippen LogP contribution < -0.4 is 9.47 Å². The molecule has 1 aliphatic rings. The van der Waals surface area contributed by atoms with E-state index in [9.17, 15) is 20.4 Å². The van der Waals surface area contributed by atoms with E-state index in [2.05, 4.69) is 0 Å². The van der Waals surface area contributed by atoms with Crippen molar-refractivity contribution in [1.82, 2.24) is 0 Å². The van der Waals surface area contributed by atoms with Crippen molar-refractivity contribution in [2.24, 2.45) is 0 Å². The summed E-state index contributed by atoms with van der Waals surface area (Å²) in [6, 6.07) is 7.12. The van der Waals surface area contributed by atoms with Gasteiger partial charge in [-0.2, -0.15) is 0 Å². The molecule has 2 aromatic carbocycles. The molecule has 0 aliphatic carbocycles. The van der Waals surface area contributed by atoms with Crippen LogP contribution in [0.4, 0.5) is 0 Å². The number of aromatic hydroxyl groups is 3. The molecule has 1 aliphatic heterocycles. The van der Waals surface area contributed by atoms with Crippen LogP contribution in [-0.2, 0) is 0 Å².